The second-order valence-corrected chi connectivity index (χ2v) is 20.5. The molecule has 0 fully saturated rings. The van der Waals surface area contributed by atoms with E-state index in [0.29, 0.717) is 0 Å². The van der Waals surface area contributed by atoms with Crippen LogP contribution in [-0.4, -0.2) is 36.6 Å². The Morgan fingerprint density at radius 2 is 0.623 bits per heavy atom. The predicted octanol–water partition coefficient (Wildman–Crippen LogP) is 17.4. The molecule has 0 spiro atoms. The van der Waals surface area contributed by atoms with Crippen LogP contribution in [0.4, 0.5) is 0 Å². The number of aliphatic hydroxyl groups excluding tert-OH is 2. The largest absolute Gasteiger partial charge is 0.491 e. The highest BCUT2D eigenvalue weighted by Crippen LogP contribution is 2.59. The highest BCUT2D eigenvalue weighted by atomic mass is 16.5. The van der Waals surface area contributed by atoms with Gasteiger partial charge in [-0.05, 0) is 180 Å². The number of ether oxygens (including phenoxy) is 2. The molecule has 0 saturated carbocycles. The lowest BCUT2D eigenvalue weighted by Gasteiger charge is -2.35. The fourth-order valence-corrected chi connectivity index (χ4v) is 13.2. The first-order valence-electron chi connectivity index (χ1n) is 26.6. The fraction of sp³-hybridized carbons (Fsp3) is 0.0685. The minimum absolute atomic E-state index is 0.0708. The Morgan fingerprint density at radius 3 is 1.04 bits per heavy atom. The van der Waals surface area contributed by atoms with E-state index in [2.05, 4.69) is 243 Å². The van der Waals surface area contributed by atoms with Gasteiger partial charge in [0.1, 0.15) is 24.7 Å². The third-order valence-electron chi connectivity index (χ3n) is 16.5. The first-order valence-corrected chi connectivity index (χ1v) is 26.6. The van der Waals surface area contributed by atoms with E-state index in [1.54, 1.807) is 0 Å². The molecule has 0 radical (unpaired) electrons. The summed E-state index contributed by atoms with van der Waals surface area (Å²) in [5.74, 6) is 1.51. The maximum atomic E-state index is 9.88. The van der Waals surface area contributed by atoms with Crippen LogP contribution in [0.25, 0.3) is 120 Å². The van der Waals surface area contributed by atoms with E-state index in [4.69, 9.17) is 9.47 Å². The van der Waals surface area contributed by atoms with E-state index < -0.39 is 5.41 Å². The lowest BCUT2D eigenvalue weighted by molar-refractivity contribution is 0.203. The van der Waals surface area contributed by atoms with Gasteiger partial charge in [-0.1, -0.05) is 194 Å². The summed E-state index contributed by atoms with van der Waals surface area (Å²) in [7, 11) is 0. The SMILES string of the molecule is OCCOc1cc2ccc(C3(c4ccc5cc(OCCO)c6ccccc6c5c4)c4cc(-c5cc6ccccc6c6ccccc56)ccc4-c4ccc(-c5cc6ccccc6c6ccccc56)cc43)cc2c2ccccc12. The summed E-state index contributed by atoms with van der Waals surface area (Å²) in [5.41, 5.74) is 10.9. The Hall–Kier alpha value is -9.32. The Balaban J connectivity index is 1.09. The van der Waals surface area contributed by atoms with E-state index in [0.717, 1.165) is 76.8 Å². The normalized spacial score (nSPS) is 12.9. The van der Waals surface area contributed by atoms with Gasteiger partial charge in [0.05, 0.1) is 18.6 Å². The number of hydrogen-bond donors (Lipinski definition) is 2. The summed E-state index contributed by atoms with van der Waals surface area (Å²) in [4.78, 5) is 0. The number of fused-ring (bicyclic) bond motifs is 15. The Bertz CT molecular complexity index is 4440. The molecule has 0 atom stereocenters. The zero-order chi connectivity index (χ0) is 51.2. The van der Waals surface area contributed by atoms with Gasteiger partial charge in [-0.2, -0.15) is 0 Å². The molecule has 1 aliphatic rings. The van der Waals surface area contributed by atoms with Crippen LogP contribution in [0.2, 0.25) is 0 Å². The third-order valence-corrected chi connectivity index (χ3v) is 16.5. The van der Waals surface area contributed by atoms with Crippen molar-refractivity contribution in [3.05, 3.63) is 265 Å². The zero-order valence-corrected chi connectivity index (χ0v) is 42.1. The van der Waals surface area contributed by atoms with Crippen LogP contribution in [-0.2, 0) is 5.41 Å². The van der Waals surface area contributed by atoms with E-state index in [1.165, 1.54) is 76.5 Å². The number of benzene rings is 14. The standard InChI is InChI=1S/C73H50O4/c74-33-35-76-71-41-49-25-29-51(43-67(49)59-21-9-11-23-63(59)71)73(52-30-26-50-42-72(77-36-34-75)64-24-12-10-22-60(64)68(50)44-52)69-39-47(65-37-45-13-1-3-15-53(45)55-17-5-7-19-57(55)65)27-31-61(69)62-32-28-48(40-70(62)73)66-38-46-14-2-4-16-54(46)56-18-6-8-20-58(56)66/h1-32,37-44,74-75H,33-36H2. The fourth-order valence-electron chi connectivity index (χ4n) is 13.2. The average molecular weight is 991 g/mol. The molecule has 366 valence electrons. The number of rotatable bonds is 10. The second kappa shape index (κ2) is 17.9. The average Bonchev–Trinajstić information content (AvgIpc) is 3.90. The lowest BCUT2D eigenvalue weighted by Crippen LogP contribution is -2.28. The van der Waals surface area contributed by atoms with Crippen molar-refractivity contribution in [3.8, 4) is 44.9 Å². The van der Waals surface area contributed by atoms with Crippen molar-refractivity contribution >= 4 is 86.2 Å². The Kier molecular flexibility index (Phi) is 10.5. The molecule has 2 N–H and O–H groups in total. The van der Waals surface area contributed by atoms with E-state index in [9.17, 15) is 10.2 Å². The zero-order valence-electron chi connectivity index (χ0n) is 42.1. The van der Waals surface area contributed by atoms with Crippen LogP contribution in [0, 0.1) is 0 Å². The van der Waals surface area contributed by atoms with Gasteiger partial charge < -0.3 is 19.7 Å². The van der Waals surface area contributed by atoms with Crippen molar-refractivity contribution in [2.45, 2.75) is 5.41 Å². The maximum absolute atomic E-state index is 9.88. The van der Waals surface area contributed by atoms with E-state index >= 15 is 0 Å². The molecule has 0 bridgehead atoms. The quantitative estimate of drug-likeness (QED) is 0.134. The van der Waals surface area contributed by atoms with Gasteiger partial charge in [-0.15, -0.1) is 0 Å². The van der Waals surface area contributed by atoms with Crippen LogP contribution in [0.3, 0.4) is 0 Å². The summed E-state index contributed by atoms with van der Waals surface area (Å²) in [6.07, 6.45) is 0. The summed E-state index contributed by atoms with van der Waals surface area (Å²) in [6.45, 7) is 0.274. The van der Waals surface area contributed by atoms with Gasteiger partial charge in [-0.3, -0.25) is 0 Å². The van der Waals surface area contributed by atoms with E-state index in [-0.39, 0.29) is 26.4 Å². The second-order valence-electron chi connectivity index (χ2n) is 20.5. The Labute approximate surface area is 445 Å². The molecular formula is C73H50O4. The molecule has 4 heteroatoms. The van der Waals surface area contributed by atoms with Crippen molar-refractivity contribution in [2.24, 2.45) is 0 Å². The van der Waals surface area contributed by atoms with Gasteiger partial charge in [0.25, 0.3) is 0 Å². The molecule has 0 heterocycles. The molecule has 77 heavy (non-hydrogen) atoms. The molecule has 14 aromatic rings. The minimum Gasteiger partial charge on any atom is -0.491 e. The molecule has 14 aromatic carbocycles. The molecule has 0 aromatic heterocycles. The topological polar surface area (TPSA) is 58.9 Å². The minimum atomic E-state index is -0.862. The van der Waals surface area contributed by atoms with Gasteiger partial charge >= 0.3 is 0 Å². The Morgan fingerprint density at radius 1 is 0.273 bits per heavy atom. The molecule has 0 saturated heterocycles. The van der Waals surface area contributed by atoms with Crippen LogP contribution in [0.1, 0.15) is 22.3 Å². The number of aliphatic hydroxyl groups is 2. The van der Waals surface area contributed by atoms with Gasteiger partial charge in [0, 0.05) is 10.8 Å². The molecule has 15 rings (SSSR count). The van der Waals surface area contributed by atoms with E-state index in [1.807, 2.05) is 0 Å². The van der Waals surface area contributed by atoms with Crippen LogP contribution in [0.15, 0.2) is 243 Å². The van der Waals surface area contributed by atoms with Crippen molar-refractivity contribution in [1.82, 2.24) is 0 Å². The highest BCUT2D eigenvalue weighted by molar-refractivity contribution is 6.17. The van der Waals surface area contributed by atoms with Crippen molar-refractivity contribution in [1.29, 1.82) is 0 Å². The van der Waals surface area contributed by atoms with Gasteiger partial charge in [-0.25, -0.2) is 0 Å². The molecular weight excluding hydrogens is 941 g/mol. The highest BCUT2D eigenvalue weighted by Gasteiger charge is 2.47. The van der Waals surface area contributed by atoms with Crippen molar-refractivity contribution < 1.29 is 19.7 Å². The molecule has 1 aliphatic carbocycles. The summed E-state index contributed by atoms with van der Waals surface area (Å²) in [6, 6.07) is 89.7. The summed E-state index contributed by atoms with van der Waals surface area (Å²) >= 11 is 0. The molecule has 0 unspecified atom stereocenters. The summed E-state index contributed by atoms with van der Waals surface area (Å²) < 4.78 is 12.5. The molecule has 4 nitrogen and oxygen atoms in total. The molecule has 0 amide bonds. The maximum Gasteiger partial charge on any atom is 0.127 e. The first-order chi connectivity index (χ1) is 38.1. The molecule has 0 aliphatic heterocycles. The van der Waals surface area contributed by atoms with Crippen LogP contribution >= 0.6 is 0 Å². The van der Waals surface area contributed by atoms with Crippen molar-refractivity contribution in [2.75, 3.05) is 26.4 Å². The predicted molar refractivity (Wildman–Crippen MR) is 320 cm³/mol. The monoisotopic (exact) mass is 990 g/mol. The van der Waals surface area contributed by atoms with Gasteiger partial charge in [0.15, 0.2) is 0 Å². The van der Waals surface area contributed by atoms with Crippen LogP contribution < -0.4 is 9.47 Å². The lowest BCUT2D eigenvalue weighted by atomic mass is 9.66. The van der Waals surface area contributed by atoms with Crippen molar-refractivity contribution in [3.63, 3.8) is 0 Å². The summed E-state index contributed by atoms with van der Waals surface area (Å²) in [5, 5.41) is 38.1. The number of hydrogen-bond acceptors (Lipinski definition) is 4. The smallest absolute Gasteiger partial charge is 0.127 e. The first kappa shape index (κ1) is 45.1. The third kappa shape index (κ3) is 6.93. The van der Waals surface area contributed by atoms with Gasteiger partial charge in [0.2, 0.25) is 0 Å². The van der Waals surface area contributed by atoms with Crippen LogP contribution in [0.5, 0.6) is 11.5 Å².